The zero-order valence-electron chi connectivity index (χ0n) is 15.8. The van der Waals surface area contributed by atoms with Gasteiger partial charge in [-0.05, 0) is 19.3 Å². The van der Waals surface area contributed by atoms with E-state index in [9.17, 15) is 15.0 Å². The minimum atomic E-state index is -0.825. The summed E-state index contributed by atoms with van der Waals surface area (Å²) in [6.45, 7) is 3.92. The molecule has 0 saturated heterocycles. The fourth-order valence-electron chi connectivity index (χ4n) is 2.69. The van der Waals surface area contributed by atoms with Crippen LogP contribution >= 0.6 is 0 Å². The van der Waals surface area contributed by atoms with E-state index >= 15 is 0 Å². The fourth-order valence-corrected chi connectivity index (χ4v) is 2.69. The van der Waals surface area contributed by atoms with Crippen molar-refractivity contribution in [3.05, 3.63) is 12.2 Å². The van der Waals surface area contributed by atoms with Gasteiger partial charge in [0, 0.05) is 6.42 Å². The minimum Gasteiger partial charge on any atom is -0.394 e. The van der Waals surface area contributed by atoms with Gasteiger partial charge in [-0.2, -0.15) is 0 Å². The van der Waals surface area contributed by atoms with Crippen LogP contribution in [0, 0.1) is 0 Å². The van der Waals surface area contributed by atoms with Crippen molar-refractivity contribution in [2.45, 2.75) is 103 Å². The maximum absolute atomic E-state index is 11.5. The molecule has 0 aliphatic rings. The molecule has 0 saturated carbocycles. The highest BCUT2D eigenvalue weighted by Crippen LogP contribution is 2.11. The molecule has 0 spiro atoms. The molecule has 0 bridgehead atoms. The summed E-state index contributed by atoms with van der Waals surface area (Å²) < 4.78 is 0. The third-order valence-corrected chi connectivity index (χ3v) is 4.24. The van der Waals surface area contributed by atoms with Gasteiger partial charge in [-0.25, -0.2) is 0 Å². The highest BCUT2D eigenvalue weighted by Gasteiger charge is 2.17. The predicted molar refractivity (Wildman–Crippen MR) is 101 cm³/mol. The van der Waals surface area contributed by atoms with Crippen LogP contribution in [0.5, 0.6) is 0 Å². The van der Waals surface area contributed by atoms with E-state index in [0.29, 0.717) is 6.42 Å². The number of hydrogen-bond acceptors (Lipinski definition) is 3. The Bertz CT molecular complexity index is 318. The summed E-state index contributed by atoms with van der Waals surface area (Å²) in [5.41, 5.74) is 0. The van der Waals surface area contributed by atoms with Gasteiger partial charge >= 0.3 is 0 Å². The highest BCUT2D eigenvalue weighted by molar-refractivity contribution is 5.76. The van der Waals surface area contributed by atoms with Crippen molar-refractivity contribution in [1.29, 1.82) is 0 Å². The number of aliphatic hydroxyl groups excluding tert-OH is 2. The first kappa shape index (κ1) is 23.1. The van der Waals surface area contributed by atoms with Gasteiger partial charge in [0.2, 0.25) is 5.91 Å². The van der Waals surface area contributed by atoms with E-state index in [4.69, 9.17) is 0 Å². The van der Waals surface area contributed by atoms with Gasteiger partial charge < -0.3 is 15.5 Å². The molecule has 0 heterocycles. The molecule has 2 unspecified atom stereocenters. The zero-order valence-corrected chi connectivity index (χ0v) is 15.8. The Kier molecular flexibility index (Phi) is 16.4. The standard InChI is InChI=1S/C20H39NO3/c1-3-5-6-7-8-9-10-11-12-13-14-16-19(23)18(17-22)21-20(24)15-4-2/h14,16,18-19,22-23H,3-13,15,17H2,1-2H3,(H,21,24)/b16-14+. The van der Waals surface area contributed by atoms with Crippen LogP contribution in [0.15, 0.2) is 12.2 Å². The number of hydrogen-bond donors (Lipinski definition) is 3. The van der Waals surface area contributed by atoms with Gasteiger partial charge in [0.1, 0.15) is 0 Å². The van der Waals surface area contributed by atoms with E-state index in [1.54, 1.807) is 6.08 Å². The van der Waals surface area contributed by atoms with Crippen LogP contribution in [0.2, 0.25) is 0 Å². The van der Waals surface area contributed by atoms with Crippen molar-refractivity contribution in [2.24, 2.45) is 0 Å². The summed E-state index contributed by atoms with van der Waals surface area (Å²) in [6.07, 6.45) is 16.7. The molecule has 3 N–H and O–H groups in total. The molecule has 0 aromatic rings. The van der Waals surface area contributed by atoms with Crippen LogP contribution in [0.3, 0.4) is 0 Å². The van der Waals surface area contributed by atoms with Crippen LogP contribution in [-0.2, 0) is 4.79 Å². The first-order chi connectivity index (χ1) is 11.7. The molecule has 4 heteroatoms. The Morgan fingerprint density at radius 2 is 1.54 bits per heavy atom. The Balaban J connectivity index is 3.68. The van der Waals surface area contributed by atoms with E-state index in [2.05, 4.69) is 12.2 Å². The zero-order chi connectivity index (χ0) is 18.0. The van der Waals surface area contributed by atoms with Crippen LogP contribution in [0.25, 0.3) is 0 Å². The minimum absolute atomic E-state index is 0.122. The summed E-state index contributed by atoms with van der Waals surface area (Å²) in [4.78, 5) is 11.5. The van der Waals surface area contributed by atoms with Crippen LogP contribution in [-0.4, -0.2) is 34.9 Å². The molecule has 24 heavy (non-hydrogen) atoms. The van der Waals surface area contributed by atoms with Crippen molar-refractivity contribution in [2.75, 3.05) is 6.61 Å². The monoisotopic (exact) mass is 341 g/mol. The molecule has 1 amide bonds. The molecule has 2 atom stereocenters. The van der Waals surface area contributed by atoms with E-state index < -0.39 is 12.1 Å². The first-order valence-corrected chi connectivity index (χ1v) is 9.90. The molecule has 0 rings (SSSR count). The number of carbonyl (C=O) groups excluding carboxylic acids is 1. The Hall–Kier alpha value is -0.870. The summed E-state index contributed by atoms with van der Waals surface area (Å²) in [5, 5.41) is 22.0. The van der Waals surface area contributed by atoms with Gasteiger partial charge in [0.15, 0.2) is 0 Å². The quantitative estimate of drug-likeness (QED) is 0.292. The summed E-state index contributed by atoms with van der Waals surface area (Å²) in [5.74, 6) is -0.122. The molecular formula is C20H39NO3. The fraction of sp³-hybridized carbons (Fsp3) is 0.850. The number of nitrogens with one attached hydrogen (secondary N) is 1. The molecule has 0 aliphatic carbocycles. The number of allylic oxidation sites excluding steroid dienone is 1. The maximum atomic E-state index is 11.5. The molecule has 0 aromatic heterocycles. The molecule has 142 valence electrons. The number of unbranched alkanes of at least 4 members (excludes halogenated alkanes) is 9. The van der Waals surface area contributed by atoms with Crippen molar-refractivity contribution in [1.82, 2.24) is 5.32 Å². The molecule has 0 aromatic carbocycles. The number of carbonyl (C=O) groups is 1. The molecule has 0 aliphatic heterocycles. The van der Waals surface area contributed by atoms with Crippen LogP contribution in [0.1, 0.15) is 90.9 Å². The van der Waals surface area contributed by atoms with E-state index in [-0.39, 0.29) is 12.5 Å². The van der Waals surface area contributed by atoms with Crippen molar-refractivity contribution in [3.63, 3.8) is 0 Å². The Morgan fingerprint density at radius 1 is 0.958 bits per heavy atom. The number of amides is 1. The molecule has 0 radical (unpaired) electrons. The van der Waals surface area contributed by atoms with Gasteiger partial charge in [-0.15, -0.1) is 0 Å². The third kappa shape index (κ3) is 13.6. The normalized spacial score (nSPS) is 14.0. The number of aliphatic hydroxyl groups is 2. The Labute approximate surface area is 148 Å². The lowest BCUT2D eigenvalue weighted by atomic mass is 10.1. The third-order valence-electron chi connectivity index (χ3n) is 4.24. The van der Waals surface area contributed by atoms with Gasteiger partial charge in [0.25, 0.3) is 0 Å². The van der Waals surface area contributed by atoms with E-state index in [1.165, 1.54) is 51.4 Å². The van der Waals surface area contributed by atoms with Gasteiger partial charge in [-0.3, -0.25) is 4.79 Å². The molecule has 4 nitrogen and oxygen atoms in total. The molecular weight excluding hydrogens is 302 g/mol. The smallest absolute Gasteiger partial charge is 0.220 e. The first-order valence-electron chi connectivity index (χ1n) is 9.90. The van der Waals surface area contributed by atoms with Crippen molar-refractivity contribution in [3.8, 4) is 0 Å². The lowest BCUT2D eigenvalue weighted by Crippen LogP contribution is -2.45. The predicted octanol–water partition coefficient (Wildman–Crippen LogP) is 4.10. The largest absolute Gasteiger partial charge is 0.394 e. The second kappa shape index (κ2) is 17.0. The van der Waals surface area contributed by atoms with Crippen LogP contribution < -0.4 is 5.32 Å². The summed E-state index contributed by atoms with van der Waals surface area (Å²) >= 11 is 0. The average Bonchev–Trinajstić information content (AvgIpc) is 2.57. The van der Waals surface area contributed by atoms with Crippen molar-refractivity contribution >= 4 is 5.91 Å². The maximum Gasteiger partial charge on any atom is 0.220 e. The second-order valence-electron chi connectivity index (χ2n) is 6.64. The van der Waals surface area contributed by atoms with E-state index in [1.807, 2.05) is 13.0 Å². The van der Waals surface area contributed by atoms with E-state index in [0.717, 1.165) is 19.3 Å². The SMILES string of the molecule is CCCCCCCCCCC/C=C/C(O)C(CO)NC(=O)CCC. The summed E-state index contributed by atoms with van der Waals surface area (Å²) in [7, 11) is 0. The lowest BCUT2D eigenvalue weighted by molar-refractivity contribution is -0.122. The lowest BCUT2D eigenvalue weighted by Gasteiger charge is -2.19. The van der Waals surface area contributed by atoms with Gasteiger partial charge in [0.05, 0.1) is 18.8 Å². The summed E-state index contributed by atoms with van der Waals surface area (Å²) in [6, 6.07) is -0.608. The topological polar surface area (TPSA) is 69.6 Å². The highest BCUT2D eigenvalue weighted by atomic mass is 16.3. The molecule has 0 fully saturated rings. The second-order valence-corrected chi connectivity index (χ2v) is 6.64. The van der Waals surface area contributed by atoms with Crippen LogP contribution in [0.4, 0.5) is 0 Å². The average molecular weight is 342 g/mol. The van der Waals surface area contributed by atoms with Gasteiger partial charge in [-0.1, -0.05) is 77.4 Å². The number of rotatable bonds is 16. The van der Waals surface area contributed by atoms with Crippen molar-refractivity contribution < 1.29 is 15.0 Å². The Morgan fingerprint density at radius 3 is 2.08 bits per heavy atom.